The van der Waals surface area contributed by atoms with E-state index >= 15 is 0 Å². The van der Waals surface area contributed by atoms with E-state index < -0.39 is 6.10 Å². The highest BCUT2D eigenvalue weighted by Gasteiger charge is 2.20. The van der Waals surface area contributed by atoms with E-state index in [1.807, 2.05) is 31.2 Å². The molecule has 144 valence electrons. The summed E-state index contributed by atoms with van der Waals surface area (Å²) in [6, 6.07) is 7.53. The van der Waals surface area contributed by atoms with E-state index in [-0.39, 0.29) is 17.9 Å². The van der Waals surface area contributed by atoms with Gasteiger partial charge >= 0.3 is 0 Å². The van der Waals surface area contributed by atoms with Gasteiger partial charge < -0.3 is 19.7 Å². The number of nitrogens with one attached hydrogen (secondary N) is 1. The molecule has 2 unspecified atom stereocenters. The normalized spacial score (nSPS) is 18.2. The van der Waals surface area contributed by atoms with Crippen LogP contribution >= 0.6 is 0 Å². The summed E-state index contributed by atoms with van der Waals surface area (Å²) in [5, 5.41) is 2.92. The van der Waals surface area contributed by atoms with Crippen LogP contribution in [0.5, 0.6) is 0 Å². The first-order valence-electron chi connectivity index (χ1n) is 9.38. The van der Waals surface area contributed by atoms with Crippen LogP contribution in [0, 0.1) is 0 Å². The van der Waals surface area contributed by atoms with E-state index in [1.54, 1.807) is 18.7 Å². The Labute approximate surface area is 155 Å². The maximum absolute atomic E-state index is 12.5. The van der Waals surface area contributed by atoms with Gasteiger partial charge in [0.25, 0.3) is 5.91 Å². The molecule has 2 rings (SSSR count). The molecule has 0 aliphatic carbocycles. The summed E-state index contributed by atoms with van der Waals surface area (Å²) in [5.74, 6) is -0.183. The van der Waals surface area contributed by atoms with Gasteiger partial charge in [-0.15, -0.1) is 0 Å². The molecular weight excluding hydrogens is 332 g/mol. The summed E-state index contributed by atoms with van der Waals surface area (Å²) < 4.78 is 11.3. The van der Waals surface area contributed by atoms with Crippen molar-refractivity contribution < 1.29 is 19.1 Å². The summed E-state index contributed by atoms with van der Waals surface area (Å²) in [5.41, 5.74) is 1.61. The van der Waals surface area contributed by atoms with Gasteiger partial charge in [0.15, 0.2) is 0 Å². The van der Waals surface area contributed by atoms with Crippen LogP contribution in [0.1, 0.15) is 45.6 Å². The van der Waals surface area contributed by atoms with E-state index in [2.05, 4.69) is 5.32 Å². The third-order valence-electron chi connectivity index (χ3n) is 4.64. The number of hydrogen-bond donors (Lipinski definition) is 1. The minimum atomic E-state index is -0.566. The fourth-order valence-corrected chi connectivity index (χ4v) is 2.93. The van der Waals surface area contributed by atoms with Gasteiger partial charge in [0.2, 0.25) is 5.91 Å². The molecule has 0 aromatic heterocycles. The number of rotatable bonds is 8. The van der Waals surface area contributed by atoms with Gasteiger partial charge in [-0.1, -0.05) is 18.2 Å². The molecule has 1 saturated heterocycles. The van der Waals surface area contributed by atoms with Gasteiger partial charge in [-0.05, 0) is 44.7 Å². The highest BCUT2D eigenvalue weighted by Crippen LogP contribution is 2.18. The largest absolute Gasteiger partial charge is 0.376 e. The summed E-state index contributed by atoms with van der Waals surface area (Å²) in [6.07, 6.45) is 2.74. The van der Waals surface area contributed by atoms with Gasteiger partial charge in [0, 0.05) is 32.3 Å². The Hall–Kier alpha value is -1.92. The summed E-state index contributed by atoms with van der Waals surface area (Å²) in [7, 11) is 0. The number of amides is 2. The van der Waals surface area contributed by atoms with Crippen LogP contribution in [0.15, 0.2) is 24.3 Å². The molecule has 26 heavy (non-hydrogen) atoms. The number of benzene rings is 1. The van der Waals surface area contributed by atoms with Crippen molar-refractivity contribution in [3.63, 3.8) is 0 Å². The van der Waals surface area contributed by atoms with Gasteiger partial charge in [0.1, 0.15) is 6.10 Å². The van der Waals surface area contributed by atoms with Crippen molar-refractivity contribution in [2.45, 2.75) is 58.8 Å². The maximum atomic E-state index is 12.5. The van der Waals surface area contributed by atoms with Gasteiger partial charge in [0.05, 0.1) is 12.7 Å². The van der Waals surface area contributed by atoms with Crippen LogP contribution in [-0.4, -0.2) is 48.7 Å². The molecule has 1 aromatic carbocycles. The quantitative estimate of drug-likeness (QED) is 0.772. The van der Waals surface area contributed by atoms with Crippen molar-refractivity contribution in [1.29, 1.82) is 0 Å². The molecule has 1 aliphatic heterocycles. The Balaban J connectivity index is 1.92. The minimum Gasteiger partial charge on any atom is -0.376 e. The average Bonchev–Trinajstić information content (AvgIpc) is 2.65. The van der Waals surface area contributed by atoms with Crippen LogP contribution in [0.4, 0.5) is 5.69 Å². The van der Waals surface area contributed by atoms with Crippen LogP contribution in [0.2, 0.25) is 0 Å². The molecule has 6 nitrogen and oxygen atoms in total. The maximum Gasteiger partial charge on any atom is 0.253 e. The van der Waals surface area contributed by atoms with Gasteiger partial charge in [-0.3, -0.25) is 9.59 Å². The number of hydrogen-bond acceptors (Lipinski definition) is 4. The Morgan fingerprint density at radius 1 is 1.35 bits per heavy atom. The second-order valence-corrected chi connectivity index (χ2v) is 6.64. The Kier molecular flexibility index (Phi) is 8.06. The summed E-state index contributed by atoms with van der Waals surface area (Å²) in [6.45, 7) is 7.52. The van der Waals surface area contributed by atoms with E-state index in [4.69, 9.17) is 9.47 Å². The molecule has 1 aliphatic rings. The lowest BCUT2D eigenvalue weighted by Gasteiger charge is -2.24. The zero-order valence-electron chi connectivity index (χ0n) is 16.0. The molecule has 1 N–H and O–H groups in total. The molecule has 2 amide bonds. The monoisotopic (exact) mass is 362 g/mol. The summed E-state index contributed by atoms with van der Waals surface area (Å²) in [4.78, 5) is 25.9. The Bertz CT molecular complexity index is 599. The third kappa shape index (κ3) is 6.11. The Morgan fingerprint density at radius 3 is 2.77 bits per heavy atom. The van der Waals surface area contributed by atoms with E-state index in [9.17, 15) is 9.59 Å². The molecule has 1 aromatic rings. The number of anilines is 1. The lowest BCUT2D eigenvalue weighted by molar-refractivity contribution is -0.130. The lowest BCUT2D eigenvalue weighted by atomic mass is 10.1. The molecule has 0 spiro atoms. The van der Waals surface area contributed by atoms with Crippen LogP contribution in [0.3, 0.4) is 0 Å². The first-order valence-corrected chi connectivity index (χ1v) is 9.38. The van der Waals surface area contributed by atoms with Gasteiger partial charge in [-0.2, -0.15) is 0 Å². The van der Waals surface area contributed by atoms with E-state index in [0.29, 0.717) is 25.4 Å². The number of carbonyl (C=O) groups excluding carboxylic acids is 2. The molecule has 0 bridgehead atoms. The summed E-state index contributed by atoms with van der Waals surface area (Å²) >= 11 is 0. The molecular formula is C20H30N2O4. The SMILES string of the molecule is CCN(Cc1ccccc1NC(=O)C(C)OCC1CCCCO1)C(C)=O. The van der Waals surface area contributed by atoms with E-state index in [0.717, 1.165) is 31.4 Å². The smallest absolute Gasteiger partial charge is 0.253 e. The predicted octanol–water partition coefficient (Wildman–Crippen LogP) is 2.97. The Morgan fingerprint density at radius 2 is 2.12 bits per heavy atom. The number of ether oxygens (including phenoxy) is 2. The van der Waals surface area contributed by atoms with Crippen molar-refractivity contribution in [2.75, 3.05) is 25.1 Å². The molecule has 6 heteroatoms. The first kappa shape index (κ1) is 20.4. The third-order valence-corrected chi connectivity index (χ3v) is 4.64. The second kappa shape index (κ2) is 10.3. The molecule has 0 radical (unpaired) electrons. The number of carbonyl (C=O) groups is 2. The topological polar surface area (TPSA) is 67.9 Å². The van der Waals surface area contributed by atoms with Crippen LogP contribution in [0.25, 0.3) is 0 Å². The van der Waals surface area contributed by atoms with Crippen molar-refractivity contribution in [3.8, 4) is 0 Å². The molecule has 1 heterocycles. The van der Waals surface area contributed by atoms with Gasteiger partial charge in [-0.25, -0.2) is 0 Å². The molecule has 1 fully saturated rings. The van der Waals surface area contributed by atoms with E-state index in [1.165, 1.54) is 0 Å². The van der Waals surface area contributed by atoms with Crippen molar-refractivity contribution in [2.24, 2.45) is 0 Å². The standard InChI is InChI=1S/C20H30N2O4/c1-4-22(16(3)23)13-17-9-5-6-11-19(17)21-20(24)15(2)26-14-18-10-7-8-12-25-18/h5-6,9,11,15,18H,4,7-8,10,12-14H2,1-3H3,(H,21,24). The van der Waals surface area contributed by atoms with Crippen molar-refractivity contribution >= 4 is 17.5 Å². The van der Waals surface area contributed by atoms with Crippen molar-refractivity contribution in [3.05, 3.63) is 29.8 Å². The first-order chi connectivity index (χ1) is 12.5. The average molecular weight is 362 g/mol. The highest BCUT2D eigenvalue weighted by atomic mass is 16.5. The van der Waals surface area contributed by atoms with Crippen LogP contribution < -0.4 is 5.32 Å². The molecule has 2 atom stereocenters. The fourth-order valence-electron chi connectivity index (χ4n) is 2.93. The second-order valence-electron chi connectivity index (χ2n) is 6.64. The number of para-hydroxylation sites is 1. The number of nitrogens with zero attached hydrogens (tertiary/aromatic N) is 1. The fraction of sp³-hybridized carbons (Fsp3) is 0.600. The molecule has 0 saturated carbocycles. The highest BCUT2D eigenvalue weighted by molar-refractivity contribution is 5.94. The lowest BCUT2D eigenvalue weighted by Crippen LogP contribution is -2.33. The minimum absolute atomic E-state index is 0.0119. The van der Waals surface area contributed by atoms with Crippen molar-refractivity contribution in [1.82, 2.24) is 4.90 Å². The zero-order valence-corrected chi connectivity index (χ0v) is 16.0. The zero-order chi connectivity index (χ0) is 18.9. The van der Waals surface area contributed by atoms with Crippen LogP contribution in [-0.2, 0) is 25.6 Å². The predicted molar refractivity (Wildman–Crippen MR) is 101 cm³/mol.